The molecule has 0 unspecified atom stereocenters. The first-order chi connectivity index (χ1) is 12.2. The number of fused-ring (bicyclic) bond motifs is 4. The van der Waals surface area contributed by atoms with Gasteiger partial charge in [0.15, 0.2) is 5.72 Å². The fourth-order valence-corrected chi connectivity index (χ4v) is 6.75. The molecule has 0 radical (unpaired) electrons. The van der Waals surface area contributed by atoms with Crippen LogP contribution < -0.4 is 5.32 Å². The number of anilines is 1. The fourth-order valence-electron chi connectivity index (χ4n) is 6.75. The Labute approximate surface area is 147 Å². The van der Waals surface area contributed by atoms with Crippen LogP contribution in [0.25, 0.3) is 0 Å². The normalized spacial score (nSPS) is 46.9. The summed E-state index contributed by atoms with van der Waals surface area (Å²) in [6, 6.07) is 8.74. The quantitative estimate of drug-likeness (QED) is 0.629. The maximum atomic E-state index is 13.1. The van der Waals surface area contributed by atoms with E-state index < -0.39 is 5.72 Å². The highest BCUT2D eigenvalue weighted by molar-refractivity contribution is 5.81. The number of para-hydroxylation sites is 1. The molecule has 0 amide bonds. The van der Waals surface area contributed by atoms with Gasteiger partial charge in [-0.25, -0.2) is 0 Å². The number of esters is 1. The van der Waals surface area contributed by atoms with Gasteiger partial charge < -0.3 is 14.8 Å². The maximum Gasteiger partial charge on any atom is 0.310 e. The summed E-state index contributed by atoms with van der Waals surface area (Å²) in [5.74, 6) is -0.0451. The van der Waals surface area contributed by atoms with Gasteiger partial charge in [0.25, 0.3) is 0 Å². The number of hydrogen-bond acceptors (Lipinski definition) is 5. The fraction of sp³-hybridized carbons (Fsp3) is 0.550. The number of carbonyl (C=O) groups is 1. The van der Waals surface area contributed by atoms with Crippen LogP contribution in [0.2, 0.25) is 0 Å². The van der Waals surface area contributed by atoms with E-state index in [1.165, 1.54) is 18.2 Å². The first-order valence-electron chi connectivity index (χ1n) is 9.20. The monoisotopic (exact) mass is 338 g/mol. The summed E-state index contributed by atoms with van der Waals surface area (Å²) >= 11 is 0. The van der Waals surface area contributed by atoms with Crippen LogP contribution >= 0.6 is 0 Å². The third-order valence-electron chi connectivity index (χ3n) is 7.53. The van der Waals surface area contributed by atoms with E-state index in [9.17, 15) is 4.79 Å². The highest BCUT2D eigenvalue weighted by Crippen LogP contribution is 2.72. The van der Waals surface area contributed by atoms with Crippen LogP contribution in [0.4, 0.5) is 5.69 Å². The molecule has 4 aliphatic heterocycles. The Hall–Kier alpha value is -1.85. The van der Waals surface area contributed by atoms with Crippen LogP contribution in [0.1, 0.15) is 25.3 Å². The van der Waals surface area contributed by atoms with E-state index in [2.05, 4.69) is 47.5 Å². The standard InChI is InChI=1S/C20H22N2O3/c1-3-11-10-22-15-8-12(11)17(18(23)24-2)19-9-16(22)25-20(15,19)21-14-7-5-4-6-13(14)19/h3-7,12,15-17,21H,8-10H2,1-2H3/b11-3+/t12-,15-,16-,17+,19+,20-/m0/s1. The van der Waals surface area contributed by atoms with E-state index in [1.807, 2.05) is 0 Å². The molecule has 1 aromatic rings. The minimum Gasteiger partial charge on any atom is -0.469 e. The summed E-state index contributed by atoms with van der Waals surface area (Å²) in [5.41, 5.74) is 2.89. The number of hydrogen-bond donors (Lipinski definition) is 1. The van der Waals surface area contributed by atoms with Crippen molar-refractivity contribution in [3.63, 3.8) is 0 Å². The van der Waals surface area contributed by atoms with Crippen LogP contribution in [-0.4, -0.2) is 42.5 Å². The molecule has 5 heteroatoms. The number of rotatable bonds is 1. The van der Waals surface area contributed by atoms with Crippen molar-refractivity contribution >= 4 is 11.7 Å². The van der Waals surface area contributed by atoms with E-state index in [-0.39, 0.29) is 29.4 Å². The summed E-state index contributed by atoms with van der Waals surface area (Å²) in [6.07, 6.45) is 4.10. The number of methoxy groups -OCH3 is 1. The molecule has 4 bridgehead atoms. The first-order valence-corrected chi connectivity index (χ1v) is 9.20. The van der Waals surface area contributed by atoms with Crippen LogP contribution in [0.15, 0.2) is 35.9 Å². The number of benzene rings is 1. The van der Waals surface area contributed by atoms with Crippen molar-refractivity contribution in [3.8, 4) is 0 Å². The zero-order valence-electron chi connectivity index (χ0n) is 14.5. The molecule has 25 heavy (non-hydrogen) atoms. The third-order valence-corrected chi connectivity index (χ3v) is 7.53. The second-order valence-electron chi connectivity index (χ2n) is 8.05. The zero-order chi connectivity index (χ0) is 17.0. The Morgan fingerprint density at radius 3 is 3.08 bits per heavy atom. The lowest BCUT2D eigenvalue weighted by molar-refractivity contribution is -0.161. The second-order valence-corrected chi connectivity index (χ2v) is 8.05. The van der Waals surface area contributed by atoms with Crippen LogP contribution in [-0.2, 0) is 19.7 Å². The number of nitrogens with zero attached hydrogens (tertiary/aromatic N) is 1. The van der Waals surface area contributed by atoms with Gasteiger partial charge in [-0.2, -0.15) is 0 Å². The Bertz CT molecular complexity index is 836. The van der Waals surface area contributed by atoms with Crippen molar-refractivity contribution in [2.75, 3.05) is 19.0 Å². The molecule has 0 aromatic heterocycles. The van der Waals surface area contributed by atoms with Crippen molar-refractivity contribution in [2.24, 2.45) is 11.8 Å². The summed E-state index contributed by atoms with van der Waals surface area (Å²) in [6.45, 7) is 2.99. The molecule has 1 N–H and O–H groups in total. The van der Waals surface area contributed by atoms with Crippen LogP contribution in [0.3, 0.4) is 0 Å². The SMILES string of the molecule is C/C=C1\CN2[C@@H]3C[C@]45c6ccccc6N[C@]4(O3)[C@@H]2C[C@@H]1[C@@H]5C(=O)OC. The molecule has 4 heterocycles. The highest BCUT2D eigenvalue weighted by Gasteiger charge is 2.82. The lowest BCUT2D eigenvalue weighted by Gasteiger charge is -2.60. The minimum absolute atomic E-state index is 0.0780. The molecule has 6 atom stereocenters. The second kappa shape index (κ2) is 4.27. The van der Waals surface area contributed by atoms with Gasteiger partial charge in [0, 0.05) is 18.7 Å². The number of carbonyl (C=O) groups excluding carboxylic acids is 1. The Morgan fingerprint density at radius 2 is 2.28 bits per heavy atom. The summed E-state index contributed by atoms with van der Waals surface area (Å²) < 4.78 is 12.0. The molecule has 130 valence electrons. The smallest absolute Gasteiger partial charge is 0.310 e. The molecule has 5 nitrogen and oxygen atoms in total. The Balaban J connectivity index is 1.67. The van der Waals surface area contributed by atoms with Crippen molar-refractivity contribution in [1.82, 2.24) is 4.90 Å². The number of piperidine rings is 2. The Morgan fingerprint density at radius 1 is 1.44 bits per heavy atom. The predicted molar refractivity (Wildman–Crippen MR) is 91.8 cm³/mol. The van der Waals surface area contributed by atoms with Crippen LogP contribution in [0.5, 0.6) is 0 Å². The van der Waals surface area contributed by atoms with Gasteiger partial charge >= 0.3 is 5.97 Å². The van der Waals surface area contributed by atoms with E-state index in [1.54, 1.807) is 0 Å². The van der Waals surface area contributed by atoms with Crippen molar-refractivity contribution in [2.45, 2.75) is 43.2 Å². The van der Waals surface area contributed by atoms with Crippen LogP contribution in [0, 0.1) is 11.8 Å². The zero-order valence-corrected chi connectivity index (χ0v) is 14.5. The summed E-state index contributed by atoms with van der Waals surface area (Å²) in [4.78, 5) is 15.6. The molecule has 3 saturated heterocycles. The molecule has 1 spiro atoms. The van der Waals surface area contributed by atoms with Gasteiger partial charge in [-0.05, 0) is 30.9 Å². The molecular weight excluding hydrogens is 316 g/mol. The molecule has 1 aromatic carbocycles. The van der Waals surface area contributed by atoms with E-state index >= 15 is 0 Å². The van der Waals surface area contributed by atoms with E-state index in [0.29, 0.717) is 6.04 Å². The number of ether oxygens (including phenoxy) is 2. The van der Waals surface area contributed by atoms with Gasteiger partial charge in [-0.1, -0.05) is 29.8 Å². The van der Waals surface area contributed by atoms with Crippen molar-refractivity contribution < 1.29 is 14.3 Å². The van der Waals surface area contributed by atoms with Gasteiger partial charge in [-0.3, -0.25) is 9.69 Å². The highest BCUT2D eigenvalue weighted by atomic mass is 16.6. The summed E-state index contributed by atoms with van der Waals surface area (Å²) in [5, 5.41) is 3.73. The molecule has 4 fully saturated rings. The van der Waals surface area contributed by atoms with E-state index in [0.717, 1.165) is 25.1 Å². The largest absolute Gasteiger partial charge is 0.469 e. The van der Waals surface area contributed by atoms with E-state index in [4.69, 9.17) is 9.47 Å². The molecule has 5 aliphatic rings. The molecule has 1 saturated carbocycles. The average molecular weight is 338 g/mol. The molecule has 1 aliphatic carbocycles. The minimum atomic E-state index is -0.490. The van der Waals surface area contributed by atoms with Gasteiger partial charge in [-0.15, -0.1) is 0 Å². The molecule has 6 rings (SSSR count). The van der Waals surface area contributed by atoms with Gasteiger partial charge in [0.1, 0.15) is 6.23 Å². The van der Waals surface area contributed by atoms with Gasteiger partial charge in [0.05, 0.1) is 24.5 Å². The first kappa shape index (κ1) is 14.3. The number of allylic oxidation sites excluding steroid dienone is 1. The predicted octanol–water partition coefficient (Wildman–Crippen LogP) is 2.25. The van der Waals surface area contributed by atoms with Gasteiger partial charge in [0.2, 0.25) is 0 Å². The van der Waals surface area contributed by atoms with Crippen molar-refractivity contribution in [3.05, 3.63) is 41.5 Å². The Kier molecular flexibility index (Phi) is 2.45. The molecular formula is C20H22N2O3. The third kappa shape index (κ3) is 1.30. The maximum absolute atomic E-state index is 13.1. The summed E-state index contributed by atoms with van der Waals surface area (Å²) in [7, 11) is 1.52. The topological polar surface area (TPSA) is 50.8 Å². The van der Waals surface area contributed by atoms with Crippen molar-refractivity contribution in [1.29, 1.82) is 0 Å². The average Bonchev–Trinajstić information content (AvgIpc) is 3.22. The lowest BCUT2D eigenvalue weighted by Crippen LogP contribution is -2.73. The lowest BCUT2D eigenvalue weighted by atomic mass is 9.49. The number of nitrogens with one attached hydrogen (secondary N) is 1.